The molecule has 0 atom stereocenters. The van der Waals surface area contributed by atoms with Gasteiger partial charge in [-0.1, -0.05) is 18.2 Å². The lowest BCUT2D eigenvalue weighted by atomic mass is 10.1. The van der Waals surface area contributed by atoms with Crippen molar-refractivity contribution in [2.45, 2.75) is 26.6 Å². The molecule has 1 aromatic carbocycles. The average molecular weight is 263 g/mol. The van der Waals surface area contributed by atoms with Gasteiger partial charge in [-0.15, -0.1) is 0 Å². The second kappa shape index (κ2) is 7.71. The first kappa shape index (κ1) is 15.4. The van der Waals surface area contributed by atoms with Crippen molar-refractivity contribution in [2.75, 3.05) is 19.5 Å². The van der Waals surface area contributed by atoms with Crippen molar-refractivity contribution in [1.82, 2.24) is 0 Å². The lowest BCUT2D eigenvalue weighted by molar-refractivity contribution is -0.112. The Hall–Kier alpha value is -1.65. The third-order valence-corrected chi connectivity index (χ3v) is 2.68. The molecule has 1 rings (SSSR count). The highest BCUT2D eigenvalue weighted by Crippen LogP contribution is 2.19. The van der Waals surface area contributed by atoms with Crippen molar-refractivity contribution in [3.63, 3.8) is 0 Å². The monoisotopic (exact) mass is 263 g/mol. The Labute approximate surface area is 114 Å². The first-order chi connectivity index (χ1) is 9.06. The van der Waals surface area contributed by atoms with Crippen LogP contribution in [0.3, 0.4) is 0 Å². The highest BCUT2D eigenvalue weighted by atomic mass is 16.7. The van der Waals surface area contributed by atoms with Crippen molar-refractivity contribution in [1.29, 1.82) is 0 Å². The minimum absolute atomic E-state index is 0.0224. The molecule has 4 heteroatoms. The number of ketones is 1. The van der Waals surface area contributed by atoms with Crippen LogP contribution in [-0.4, -0.2) is 26.3 Å². The number of allylic oxidation sites excluding steroid dienone is 2. The zero-order chi connectivity index (χ0) is 14.3. The molecule has 0 unspecified atom stereocenters. The van der Waals surface area contributed by atoms with Gasteiger partial charge in [-0.05, 0) is 31.6 Å². The normalized spacial score (nSPS) is 11.7. The summed E-state index contributed by atoms with van der Waals surface area (Å²) in [4.78, 5) is 11.0. The molecule has 0 radical (unpaired) electrons. The van der Waals surface area contributed by atoms with Gasteiger partial charge in [0.05, 0.1) is 0 Å². The van der Waals surface area contributed by atoms with Gasteiger partial charge in [0.2, 0.25) is 0 Å². The Bertz CT molecular complexity index is 450. The number of benzene rings is 1. The molecule has 0 heterocycles. The summed E-state index contributed by atoms with van der Waals surface area (Å²) in [5, 5.41) is 3.22. The standard InChI is InChI=1S/C15H21NO3/c1-11(9-12(2)17)16-14-8-6-5-7-13(14)10-15(18-3)19-4/h5-9,15-16H,10H2,1-4H3. The topological polar surface area (TPSA) is 47.6 Å². The zero-order valence-electron chi connectivity index (χ0n) is 11.9. The number of para-hydroxylation sites is 1. The summed E-state index contributed by atoms with van der Waals surface area (Å²) in [7, 11) is 3.23. The van der Waals surface area contributed by atoms with Crippen LogP contribution in [0.25, 0.3) is 0 Å². The molecule has 1 aromatic rings. The molecule has 0 saturated heterocycles. The Morgan fingerprint density at radius 3 is 2.47 bits per heavy atom. The average Bonchev–Trinajstić information content (AvgIpc) is 2.36. The van der Waals surface area contributed by atoms with E-state index >= 15 is 0 Å². The minimum Gasteiger partial charge on any atom is -0.359 e. The van der Waals surface area contributed by atoms with E-state index in [1.54, 1.807) is 20.3 Å². The molecule has 0 amide bonds. The molecule has 19 heavy (non-hydrogen) atoms. The predicted molar refractivity (Wildman–Crippen MR) is 76.0 cm³/mol. The van der Waals surface area contributed by atoms with Crippen LogP contribution in [0, 0.1) is 0 Å². The lowest BCUT2D eigenvalue weighted by Gasteiger charge is -2.17. The van der Waals surface area contributed by atoms with E-state index in [2.05, 4.69) is 5.32 Å². The maximum absolute atomic E-state index is 11.0. The molecule has 0 bridgehead atoms. The SMILES string of the molecule is COC(Cc1ccccc1NC(C)=CC(C)=O)OC. The molecule has 0 aromatic heterocycles. The number of hydrogen-bond donors (Lipinski definition) is 1. The van der Waals surface area contributed by atoms with Gasteiger partial charge in [-0.25, -0.2) is 0 Å². The molecule has 0 fully saturated rings. The van der Waals surface area contributed by atoms with Gasteiger partial charge in [0.1, 0.15) is 0 Å². The molecular formula is C15H21NO3. The van der Waals surface area contributed by atoms with Crippen LogP contribution >= 0.6 is 0 Å². The number of rotatable bonds is 7. The third kappa shape index (κ3) is 5.24. The summed E-state index contributed by atoms with van der Waals surface area (Å²) in [6.45, 7) is 3.39. The number of hydrogen-bond acceptors (Lipinski definition) is 4. The van der Waals surface area contributed by atoms with E-state index in [1.807, 2.05) is 31.2 Å². The Morgan fingerprint density at radius 2 is 1.89 bits per heavy atom. The van der Waals surface area contributed by atoms with Crippen LogP contribution < -0.4 is 5.32 Å². The van der Waals surface area contributed by atoms with Gasteiger partial charge in [0.25, 0.3) is 0 Å². The number of methoxy groups -OCH3 is 2. The number of ether oxygens (including phenoxy) is 2. The molecule has 104 valence electrons. The Kier molecular flexibility index (Phi) is 6.25. The second-order valence-electron chi connectivity index (χ2n) is 4.33. The molecule has 0 aliphatic carbocycles. The number of anilines is 1. The summed E-state index contributed by atoms with van der Waals surface area (Å²) >= 11 is 0. The van der Waals surface area contributed by atoms with E-state index in [0.717, 1.165) is 16.9 Å². The first-order valence-corrected chi connectivity index (χ1v) is 6.16. The van der Waals surface area contributed by atoms with Crippen molar-refractivity contribution in [3.05, 3.63) is 41.6 Å². The highest BCUT2D eigenvalue weighted by Gasteiger charge is 2.10. The largest absolute Gasteiger partial charge is 0.359 e. The van der Waals surface area contributed by atoms with Gasteiger partial charge in [0.15, 0.2) is 12.1 Å². The van der Waals surface area contributed by atoms with Crippen LogP contribution in [0.15, 0.2) is 36.0 Å². The Balaban J connectivity index is 2.86. The van der Waals surface area contributed by atoms with E-state index in [4.69, 9.17) is 9.47 Å². The molecule has 0 aliphatic rings. The van der Waals surface area contributed by atoms with Crippen LogP contribution in [0.2, 0.25) is 0 Å². The van der Waals surface area contributed by atoms with E-state index in [0.29, 0.717) is 6.42 Å². The lowest BCUT2D eigenvalue weighted by Crippen LogP contribution is -2.17. The minimum atomic E-state index is -0.278. The van der Waals surface area contributed by atoms with Gasteiger partial charge in [-0.2, -0.15) is 0 Å². The van der Waals surface area contributed by atoms with Crippen molar-refractivity contribution in [2.24, 2.45) is 0 Å². The molecule has 0 saturated carbocycles. The quantitative estimate of drug-likeness (QED) is 0.607. The molecule has 0 aliphatic heterocycles. The molecule has 0 spiro atoms. The molecule has 4 nitrogen and oxygen atoms in total. The van der Waals surface area contributed by atoms with E-state index in [-0.39, 0.29) is 12.1 Å². The summed E-state index contributed by atoms with van der Waals surface area (Å²) in [5.41, 5.74) is 2.84. The van der Waals surface area contributed by atoms with E-state index in [1.165, 1.54) is 6.92 Å². The maximum Gasteiger partial charge on any atom is 0.160 e. The van der Waals surface area contributed by atoms with Crippen molar-refractivity contribution >= 4 is 11.5 Å². The number of carbonyl (C=O) groups excluding carboxylic acids is 1. The zero-order valence-corrected chi connectivity index (χ0v) is 11.9. The number of nitrogens with one attached hydrogen (secondary N) is 1. The fourth-order valence-corrected chi connectivity index (χ4v) is 1.82. The van der Waals surface area contributed by atoms with Gasteiger partial charge in [-0.3, -0.25) is 4.79 Å². The summed E-state index contributed by atoms with van der Waals surface area (Å²) in [6, 6.07) is 7.89. The van der Waals surface area contributed by atoms with Gasteiger partial charge < -0.3 is 14.8 Å². The van der Waals surface area contributed by atoms with Crippen molar-refractivity contribution in [3.8, 4) is 0 Å². The van der Waals surface area contributed by atoms with Crippen molar-refractivity contribution < 1.29 is 14.3 Å². The van der Waals surface area contributed by atoms with Crippen LogP contribution in [0.5, 0.6) is 0 Å². The van der Waals surface area contributed by atoms with E-state index in [9.17, 15) is 4.79 Å². The predicted octanol–water partition coefficient (Wildman–Crippen LogP) is 2.75. The highest BCUT2D eigenvalue weighted by molar-refractivity contribution is 5.88. The van der Waals surface area contributed by atoms with Crippen LogP contribution in [-0.2, 0) is 20.7 Å². The fourth-order valence-electron chi connectivity index (χ4n) is 1.82. The summed E-state index contributed by atoms with van der Waals surface area (Å²) < 4.78 is 10.4. The van der Waals surface area contributed by atoms with Gasteiger partial charge >= 0.3 is 0 Å². The maximum atomic E-state index is 11.0. The smallest absolute Gasteiger partial charge is 0.160 e. The number of carbonyl (C=O) groups is 1. The van der Waals surface area contributed by atoms with Crippen LogP contribution in [0.1, 0.15) is 19.4 Å². The summed E-state index contributed by atoms with van der Waals surface area (Å²) in [5.74, 6) is 0.0224. The summed E-state index contributed by atoms with van der Waals surface area (Å²) in [6.07, 6.45) is 1.93. The molecule has 1 N–H and O–H groups in total. The first-order valence-electron chi connectivity index (χ1n) is 6.16. The van der Waals surface area contributed by atoms with Crippen LogP contribution in [0.4, 0.5) is 5.69 Å². The second-order valence-corrected chi connectivity index (χ2v) is 4.33. The Morgan fingerprint density at radius 1 is 1.26 bits per heavy atom. The third-order valence-electron chi connectivity index (χ3n) is 2.68. The van der Waals surface area contributed by atoms with E-state index < -0.39 is 0 Å². The fraction of sp³-hybridized carbons (Fsp3) is 0.400. The van der Waals surface area contributed by atoms with Gasteiger partial charge in [0, 0.05) is 32.0 Å². The molecular weight excluding hydrogens is 242 g/mol.